The van der Waals surface area contributed by atoms with Crippen molar-refractivity contribution in [3.63, 3.8) is 0 Å². The lowest BCUT2D eigenvalue weighted by atomic mass is 10.1. The van der Waals surface area contributed by atoms with Crippen LogP contribution in [-0.4, -0.2) is 24.2 Å². The smallest absolute Gasteiger partial charge is 0.129 e. The molecule has 2 rings (SSSR count). The number of hydrazine groups is 1. The third kappa shape index (κ3) is 2.29. The molecule has 2 aromatic rings. The lowest BCUT2D eigenvalue weighted by molar-refractivity contribution is 0.393. The van der Waals surface area contributed by atoms with Gasteiger partial charge in [-0.05, 0) is 18.2 Å². The van der Waals surface area contributed by atoms with Crippen molar-refractivity contribution in [3.05, 3.63) is 42.0 Å². The van der Waals surface area contributed by atoms with Gasteiger partial charge < -0.3 is 14.5 Å². The van der Waals surface area contributed by atoms with Crippen LogP contribution in [-0.2, 0) is 0 Å². The van der Waals surface area contributed by atoms with Crippen LogP contribution in [0.4, 0.5) is 0 Å². The van der Waals surface area contributed by atoms with E-state index in [9.17, 15) is 0 Å². The third-order valence-corrected chi connectivity index (χ3v) is 2.71. The lowest BCUT2D eigenvalue weighted by Crippen LogP contribution is -2.30. The number of nitrogens with one attached hydrogen (secondary N) is 2. The third-order valence-electron chi connectivity index (χ3n) is 2.71. The quantitative estimate of drug-likeness (QED) is 0.542. The average molecular weight is 248 g/mol. The number of hydrogen-bond donors (Lipinski definition) is 3. The van der Waals surface area contributed by atoms with Crippen molar-refractivity contribution in [1.82, 2.24) is 15.4 Å². The molecule has 0 bridgehead atoms. The second-order valence-corrected chi connectivity index (χ2v) is 3.68. The zero-order valence-electron chi connectivity index (χ0n) is 10.3. The van der Waals surface area contributed by atoms with Crippen molar-refractivity contribution in [2.24, 2.45) is 5.84 Å². The highest BCUT2D eigenvalue weighted by Gasteiger charge is 2.19. The Morgan fingerprint density at radius 3 is 2.72 bits per heavy atom. The van der Waals surface area contributed by atoms with Crippen molar-refractivity contribution in [1.29, 1.82) is 0 Å². The maximum absolute atomic E-state index is 5.60. The monoisotopic (exact) mass is 248 g/mol. The van der Waals surface area contributed by atoms with E-state index in [1.807, 2.05) is 18.2 Å². The molecule has 1 aromatic heterocycles. The van der Waals surface area contributed by atoms with E-state index in [4.69, 9.17) is 15.3 Å². The largest absolute Gasteiger partial charge is 0.497 e. The van der Waals surface area contributed by atoms with Crippen LogP contribution in [0.2, 0.25) is 0 Å². The number of ether oxygens (including phenoxy) is 2. The fourth-order valence-corrected chi connectivity index (χ4v) is 1.82. The number of nitrogens with zero attached hydrogens (tertiary/aromatic N) is 1. The molecule has 0 saturated heterocycles. The Labute approximate surface area is 105 Å². The first kappa shape index (κ1) is 12.4. The van der Waals surface area contributed by atoms with E-state index in [0.717, 1.165) is 17.1 Å². The molecule has 0 aliphatic rings. The van der Waals surface area contributed by atoms with Crippen LogP contribution in [0.25, 0.3) is 0 Å². The van der Waals surface area contributed by atoms with Crippen LogP contribution in [0.1, 0.15) is 17.4 Å². The molecule has 0 amide bonds. The maximum atomic E-state index is 5.60. The molecule has 1 heterocycles. The number of benzene rings is 1. The minimum atomic E-state index is -0.287. The van der Waals surface area contributed by atoms with Crippen molar-refractivity contribution in [3.8, 4) is 11.5 Å². The molecule has 1 atom stereocenters. The Morgan fingerprint density at radius 1 is 1.33 bits per heavy atom. The zero-order valence-corrected chi connectivity index (χ0v) is 10.3. The molecule has 0 aliphatic carbocycles. The summed E-state index contributed by atoms with van der Waals surface area (Å²) in [4.78, 5) is 7.23. The van der Waals surface area contributed by atoms with Crippen molar-refractivity contribution >= 4 is 0 Å². The maximum Gasteiger partial charge on any atom is 0.129 e. The van der Waals surface area contributed by atoms with Crippen molar-refractivity contribution < 1.29 is 9.47 Å². The highest BCUT2D eigenvalue weighted by molar-refractivity contribution is 5.44. The van der Waals surface area contributed by atoms with Gasteiger partial charge in [-0.2, -0.15) is 0 Å². The number of rotatable bonds is 5. The van der Waals surface area contributed by atoms with Crippen LogP contribution < -0.4 is 20.7 Å². The van der Waals surface area contributed by atoms with Crippen LogP contribution >= 0.6 is 0 Å². The normalized spacial score (nSPS) is 12.2. The Bertz CT molecular complexity index is 499. The molecule has 0 aliphatic heterocycles. The second kappa shape index (κ2) is 5.52. The van der Waals surface area contributed by atoms with Crippen LogP contribution in [0.15, 0.2) is 30.6 Å². The van der Waals surface area contributed by atoms with Crippen molar-refractivity contribution in [2.45, 2.75) is 6.04 Å². The minimum Gasteiger partial charge on any atom is -0.497 e. The van der Waals surface area contributed by atoms with E-state index >= 15 is 0 Å². The van der Waals surface area contributed by atoms with Gasteiger partial charge in [0.05, 0.1) is 14.2 Å². The van der Waals surface area contributed by atoms with Crippen molar-refractivity contribution in [2.75, 3.05) is 14.2 Å². The van der Waals surface area contributed by atoms with Gasteiger partial charge in [-0.1, -0.05) is 0 Å². The SMILES string of the molecule is COc1ccc(OC)c(C(NN)c2ncc[nH]2)c1. The predicted octanol–water partition coefficient (Wildman–Crippen LogP) is 0.980. The molecular formula is C12H16N4O2. The lowest BCUT2D eigenvalue weighted by Gasteiger charge is -2.18. The summed E-state index contributed by atoms with van der Waals surface area (Å²) < 4.78 is 10.5. The van der Waals surface area contributed by atoms with Gasteiger partial charge in [0.25, 0.3) is 0 Å². The molecule has 18 heavy (non-hydrogen) atoms. The number of imidazole rings is 1. The Hall–Kier alpha value is -2.05. The first-order valence-corrected chi connectivity index (χ1v) is 5.47. The van der Waals surface area contributed by atoms with E-state index in [1.54, 1.807) is 26.6 Å². The number of aromatic amines is 1. The molecule has 4 N–H and O–H groups in total. The van der Waals surface area contributed by atoms with Gasteiger partial charge in [0.15, 0.2) is 0 Å². The van der Waals surface area contributed by atoms with Gasteiger partial charge in [0, 0.05) is 18.0 Å². The molecule has 0 spiro atoms. The summed E-state index contributed by atoms with van der Waals surface area (Å²) in [6, 6.07) is 5.25. The molecule has 0 fully saturated rings. The van der Waals surface area contributed by atoms with Crippen LogP contribution in [0.5, 0.6) is 11.5 Å². The fraction of sp³-hybridized carbons (Fsp3) is 0.250. The highest BCUT2D eigenvalue weighted by atomic mass is 16.5. The number of hydrogen-bond acceptors (Lipinski definition) is 5. The Morgan fingerprint density at radius 2 is 2.17 bits per heavy atom. The molecule has 0 radical (unpaired) electrons. The van der Waals surface area contributed by atoms with Gasteiger partial charge in [0.2, 0.25) is 0 Å². The number of nitrogens with two attached hydrogens (primary N) is 1. The Kier molecular flexibility index (Phi) is 3.81. The van der Waals surface area contributed by atoms with E-state index in [-0.39, 0.29) is 6.04 Å². The van der Waals surface area contributed by atoms with E-state index in [2.05, 4.69) is 15.4 Å². The van der Waals surface area contributed by atoms with E-state index in [1.165, 1.54) is 0 Å². The van der Waals surface area contributed by atoms with Gasteiger partial charge in [-0.25, -0.2) is 10.4 Å². The van der Waals surface area contributed by atoms with E-state index < -0.39 is 0 Å². The number of methoxy groups -OCH3 is 2. The molecule has 6 nitrogen and oxygen atoms in total. The summed E-state index contributed by atoms with van der Waals surface area (Å²) in [7, 11) is 3.23. The predicted molar refractivity (Wildman–Crippen MR) is 67.3 cm³/mol. The number of aromatic nitrogens is 2. The van der Waals surface area contributed by atoms with Crippen LogP contribution in [0.3, 0.4) is 0 Å². The minimum absolute atomic E-state index is 0.287. The molecule has 96 valence electrons. The van der Waals surface area contributed by atoms with Crippen LogP contribution in [0, 0.1) is 0 Å². The zero-order chi connectivity index (χ0) is 13.0. The molecule has 0 saturated carbocycles. The molecule has 1 aromatic carbocycles. The average Bonchev–Trinajstić information content (AvgIpc) is 2.93. The fourth-order valence-electron chi connectivity index (χ4n) is 1.82. The van der Waals surface area contributed by atoms with Gasteiger partial charge in [-0.15, -0.1) is 0 Å². The summed E-state index contributed by atoms with van der Waals surface area (Å²) in [5, 5.41) is 0. The summed E-state index contributed by atoms with van der Waals surface area (Å²) in [5.74, 6) is 7.77. The molecular weight excluding hydrogens is 232 g/mol. The molecule has 6 heteroatoms. The highest BCUT2D eigenvalue weighted by Crippen LogP contribution is 2.31. The first-order chi connectivity index (χ1) is 8.80. The van der Waals surface area contributed by atoms with Gasteiger partial charge in [-0.3, -0.25) is 5.84 Å². The summed E-state index contributed by atoms with van der Waals surface area (Å²) >= 11 is 0. The summed E-state index contributed by atoms with van der Waals surface area (Å²) in [6.45, 7) is 0. The second-order valence-electron chi connectivity index (χ2n) is 3.68. The van der Waals surface area contributed by atoms with E-state index in [0.29, 0.717) is 5.82 Å². The Balaban J connectivity index is 2.46. The number of H-pyrrole nitrogens is 1. The topological polar surface area (TPSA) is 85.2 Å². The van der Waals surface area contributed by atoms with Gasteiger partial charge >= 0.3 is 0 Å². The standard InChI is InChI=1S/C12H16N4O2/c1-17-8-3-4-10(18-2)9(7-8)11(16-13)12-14-5-6-15-12/h3-7,11,16H,13H2,1-2H3,(H,14,15). The summed E-state index contributed by atoms with van der Waals surface area (Å²) in [6.07, 6.45) is 3.42. The molecule has 1 unspecified atom stereocenters. The first-order valence-electron chi connectivity index (χ1n) is 5.47. The summed E-state index contributed by atoms with van der Waals surface area (Å²) in [5.41, 5.74) is 3.57. The van der Waals surface area contributed by atoms with Gasteiger partial charge in [0.1, 0.15) is 23.4 Å².